The molecule has 0 spiro atoms. The van der Waals surface area contributed by atoms with Crippen LogP contribution < -0.4 is 16.0 Å². The molecule has 20 heavy (non-hydrogen) atoms. The molecule has 1 atom stereocenters. The number of halogens is 3. The summed E-state index contributed by atoms with van der Waals surface area (Å²) in [5.74, 6) is 5.74. The van der Waals surface area contributed by atoms with E-state index in [9.17, 15) is 4.39 Å². The molecule has 0 aliphatic carbocycles. The van der Waals surface area contributed by atoms with Gasteiger partial charge in [-0.1, -0.05) is 39.7 Å². The Morgan fingerprint density at radius 3 is 2.65 bits per heavy atom. The maximum absolute atomic E-state index is 14.1. The van der Waals surface area contributed by atoms with E-state index >= 15 is 0 Å². The second-order valence-electron chi connectivity index (χ2n) is 4.16. The van der Waals surface area contributed by atoms with Gasteiger partial charge in [0.2, 0.25) is 0 Å². The number of hydrogen-bond acceptors (Lipinski definition) is 3. The van der Waals surface area contributed by atoms with Crippen molar-refractivity contribution in [1.82, 2.24) is 5.43 Å². The van der Waals surface area contributed by atoms with Crippen LogP contribution >= 0.6 is 27.5 Å². The van der Waals surface area contributed by atoms with Crippen LogP contribution in [0.2, 0.25) is 5.02 Å². The van der Waals surface area contributed by atoms with Crippen molar-refractivity contribution in [2.45, 2.75) is 6.04 Å². The lowest BCUT2D eigenvalue weighted by Gasteiger charge is -2.19. The molecule has 2 aromatic rings. The number of hydrazine groups is 1. The molecule has 0 aliphatic heterocycles. The number of nitrogens with two attached hydrogens (primary N) is 1. The quantitative estimate of drug-likeness (QED) is 0.645. The van der Waals surface area contributed by atoms with Crippen LogP contribution in [-0.2, 0) is 0 Å². The molecular formula is C14H13BrClFN2O. The molecule has 1 unspecified atom stereocenters. The van der Waals surface area contributed by atoms with Crippen LogP contribution in [0.1, 0.15) is 17.2 Å². The molecule has 106 valence electrons. The Morgan fingerprint density at radius 2 is 2.05 bits per heavy atom. The van der Waals surface area contributed by atoms with Gasteiger partial charge in [0.15, 0.2) is 0 Å². The van der Waals surface area contributed by atoms with Gasteiger partial charge in [-0.25, -0.2) is 9.82 Å². The normalized spacial score (nSPS) is 12.2. The van der Waals surface area contributed by atoms with Gasteiger partial charge in [0.1, 0.15) is 11.6 Å². The summed E-state index contributed by atoms with van der Waals surface area (Å²) in [6.07, 6.45) is 0. The van der Waals surface area contributed by atoms with Gasteiger partial charge in [-0.05, 0) is 29.8 Å². The van der Waals surface area contributed by atoms with Crippen LogP contribution in [0.15, 0.2) is 40.9 Å². The van der Waals surface area contributed by atoms with Crippen LogP contribution in [-0.4, -0.2) is 7.11 Å². The van der Waals surface area contributed by atoms with E-state index in [-0.39, 0.29) is 5.82 Å². The summed E-state index contributed by atoms with van der Waals surface area (Å²) in [4.78, 5) is 0. The van der Waals surface area contributed by atoms with Crippen molar-refractivity contribution < 1.29 is 9.13 Å². The van der Waals surface area contributed by atoms with Gasteiger partial charge in [-0.15, -0.1) is 0 Å². The third-order valence-corrected chi connectivity index (χ3v) is 3.75. The third-order valence-electron chi connectivity index (χ3n) is 2.95. The van der Waals surface area contributed by atoms with E-state index in [2.05, 4.69) is 21.4 Å². The Morgan fingerprint density at radius 1 is 1.30 bits per heavy atom. The molecule has 2 aromatic carbocycles. The number of benzene rings is 2. The summed E-state index contributed by atoms with van der Waals surface area (Å²) >= 11 is 9.21. The highest BCUT2D eigenvalue weighted by molar-refractivity contribution is 9.10. The fourth-order valence-electron chi connectivity index (χ4n) is 1.96. The highest BCUT2D eigenvalue weighted by Gasteiger charge is 2.18. The van der Waals surface area contributed by atoms with Gasteiger partial charge in [0, 0.05) is 10.0 Å². The Hall–Kier alpha value is -1.14. The highest BCUT2D eigenvalue weighted by Crippen LogP contribution is 2.31. The van der Waals surface area contributed by atoms with E-state index in [0.29, 0.717) is 20.8 Å². The number of rotatable bonds is 4. The zero-order valence-corrected chi connectivity index (χ0v) is 13.0. The maximum Gasteiger partial charge on any atom is 0.137 e. The Bertz CT molecular complexity index is 624. The van der Waals surface area contributed by atoms with Gasteiger partial charge < -0.3 is 4.74 Å². The average Bonchev–Trinajstić information content (AvgIpc) is 2.43. The molecule has 0 fully saturated rings. The number of nitrogens with one attached hydrogen (secondary N) is 1. The average molecular weight is 360 g/mol. The van der Waals surface area contributed by atoms with Crippen molar-refractivity contribution in [1.29, 1.82) is 0 Å². The molecule has 0 heterocycles. The van der Waals surface area contributed by atoms with Crippen molar-refractivity contribution in [2.75, 3.05) is 7.11 Å². The summed E-state index contributed by atoms with van der Waals surface area (Å²) in [7, 11) is 1.52. The molecule has 0 aliphatic rings. The summed E-state index contributed by atoms with van der Waals surface area (Å²) in [6.45, 7) is 0. The minimum Gasteiger partial charge on any atom is -0.495 e. The predicted octanol–water partition coefficient (Wildman–Crippen LogP) is 3.80. The Balaban J connectivity index is 2.46. The lowest BCUT2D eigenvalue weighted by Crippen LogP contribution is -2.29. The van der Waals surface area contributed by atoms with Gasteiger partial charge in [-0.2, -0.15) is 0 Å². The first-order valence-corrected chi connectivity index (χ1v) is 6.98. The molecule has 0 radical (unpaired) electrons. The molecule has 3 N–H and O–H groups in total. The topological polar surface area (TPSA) is 47.3 Å². The van der Waals surface area contributed by atoms with Crippen LogP contribution in [0.25, 0.3) is 0 Å². The van der Waals surface area contributed by atoms with E-state index < -0.39 is 6.04 Å². The van der Waals surface area contributed by atoms with Crippen LogP contribution in [0.3, 0.4) is 0 Å². The van der Waals surface area contributed by atoms with Crippen LogP contribution in [0, 0.1) is 5.82 Å². The summed E-state index contributed by atoms with van der Waals surface area (Å²) < 4.78 is 19.9. The van der Waals surface area contributed by atoms with Crippen molar-refractivity contribution in [3.05, 3.63) is 62.8 Å². The van der Waals surface area contributed by atoms with E-state index in [1.54, 1.807) is 30.3 Å². The zero-order valence-electron chi connectivity index (χ0n) is 10.7. The van der Waals surface area contributed by atoms with Crippen molar-refractivity contribution in [3.63, 3.8) is 0 Å². The second kappa shape index (κ2) is 6.54. The van der Waals surface area contributed by atoms with Gasteiger partial charge >= 0.3 is 0 Å². The van der Waals surface area contributed by atoms with Crippen molar-refractivity contribution in [3.8, 4) is 5.75 Å². The maximum atomic E-state index is 14.1. The van der Waals surface area contributed by atoms with Crippen molar-refractivity contribution in [2.24, 2.45) is 5.84 Å². The fourth-order valence-corrected chi connectivity index (χ4v) is 2.48. The second-order valence-corrected chi connectivity index (χ2v) is 5.48. The fraction of sp³-hybridized carbons (Fsp3) is 0.143. The zero-order chi connectivity index (χ0) is 14.7. The van der Waals surface area contributed by atoms with E-state index in [0.717, 1.165) is 5.56 Å². The molecule has 6 heteroatoms. The first-order valence-electron chi connectivity index (χ1n) is 5.81. The molecule has 0 amide bonds. The molecule has 0 bridgehead atoms. The monoisotopic (exact) mass is 358 g/mol. The summed E-state index contributed by atoms with van der Waals surface area (Å²) in [5, 5.41) is 0.489. The molecule has 3 nitrogen and oxygen atoms in total. The number of ether oxygens (including phenoxy) is 1. The minimum atomic E-state index is -0.491. The standard InChI is InChI=1S/C14H13BrClFN2O/c1-20-13-6-8(2-5-11(13)16)14(19-18)10-4-3-9(15)7-12(10)17/h2-7,14,19H,18H2,1H3. The van der Waals surface area contributed by atoms with E-state index in [1.165, 1.54) is 13.2 Å². The van der Waals surface area contributed by atoms with E-state index in [1.807, 2.05) is 0 Å². The molecular weight excluding hydrogens is 347 g/mol. The minimum absolute atomic E-state index is 0.351. The third kappa shape index (κ3) is 3.12. The lowest BCUT2D eigenvalue weighted by atomic mass is 9.98. The number of hydrogen-bond donors (Lipinski definition) is 2. The predicted molar refractivity (Wildman–Crippen MR) is 81.3 cm³/mol. The molecule has 0 saturated heterocycles. The summed E-state index contributed by atoms with van der Waals surface area (Å²) in [5.41, 5.74) is 3.82. The molecule has 0 saturated carbocycles. The van der Waals surface area contributed by atoms with Crippen LogP contribution in [0.4, 0.5) is 4.39 Å². The number of methoxy groups -OCH3 is 1. The van der Waals surface area contributed by atoms with Crippen LogP contribution in [0.5, 0.6) is 5.75 Å². The van der Waals surface area contributed by atoms with Gasteiger partial charge in [-0.3, -0.25) is 5.84 Å². The first-order chi connectivity index (χ1) is 9.56. The Labute approximate surface area is 130 Å². The largest absolute Gasteiger partial charge is 0.495 e. The van der Waals surface area contributed by atoms with Gasteiger partial charge in [0.05, 0.1) is 18.2 Å². The lowest BCUT2D eigenvalue weighted by molar-refractivity contribution is 0.413. The van der Waals surface area contributed by atoms with Crippen molar-refractivity contribution >= 4 is 27.5 Å². The SMILES string of the molecule is COc1cc(C(NN)c2ccc(Br)cc2F)ccc1Cl. The molecule has 0 aromatic heterocycles. The molecule has 2 rings (SSSR count). The van der Waals surface area contributed by atoms with Gasteiger partial charge in [0.25, 0.3) is 0 Å². The first kappa shape index (κ1) is 15.3. The smallest absolute Gasteiger partial charge is 0.137 e. The highest BCUT2D eigenvalue weighted by atomic mass is 79.9. The Kier molecular flexibility index (Phi) is 4.99. The summed E-state index contributed by atoms with van der Waals surface area (Å²) in [6, 6.07) is 9.53. The van der Waals surface area contributed by atoms with E-state index in [4.69, 9.17) is 22.2 Å².